The molecular formula is C15H14ClN3O. The van der Waals surface area contributed by atoms with Crippen LogP contribution in [0.2, 0.25) is 5.02 Å². The fourth-order valence-electron chi connectivity index (χ4n) is 2.21. The lowest BCUT2D eigenvalue weighted by Crippen LogP contribution is -2.02. The van der Waals surface area contributed by atoms with Gasteiger partial charge in [0.05, 0.1) is 11.2 Å². The van der Waals surface area contributed by atoms with Crippen LogP contribution in [0.1, 0.15) is 17.0 Å². The van der Waals surface area contributed by atoms with E-state index in [1.165, 1.54) is 0 Å². The first kappa shape index (κ1) is 12.9. The molecule has 2 aromatic heterocycles. The molecule has 2 heterocycles. The summed E-state index contributed by atoms with van der Waals surface area (Å²) in [6, 6.07) is 7.65. The van der Waals surface area contributed by atoms with Crippen molar-refractivity contribution in [3.8, 4) is 0 Å². The predicted octanol–water partition coefficient (Wildman–Crippen LogP) is 4.11. The smallest absolute Gasteiger partial charge is 0.138 e. The van der Waals surface area contributed by atoms with E-state index in [1.54, 1.807) is 6.20 Å². The molecule has 0 aliphatic carbocycles. The van der Waals surface area contributed by atoms with E-state index in [0.717, 1.165) is 33.6 Å². The van der Waals surface area contributed by atoms with Crippen molar-refractivity contribution in [1.29, 1.82) is 0 Å². The molecule has 0 amide bonds. The van der Waals surface area contributed by atoms with E-state index in [0.29, 0.717) is 11.6 Å². The zero-order valence-corrected chi connectivity index (χ0v) is 12.0. The van der Waals surface area contributed by atoms with E-state index in [-0.39, 0.29) is 0 Å². The fraction of sp³-hybridized carbons (Fsp3) is 0.200. The van der Waals surface area contributed by atoms with Crippen molar-refractivity contribution < 1.29 is 4.52 Å². The molecule has 0 atom stereocenters. The minimum Gasteiger partial charge on any atom is -0.380 e. The van der Waals surface area contributed by atoms with Crippen LogP contribution in [-0.4, -0.2) is 10.1 Å². The maximum Gasteiger partial charge on any atom is 0.138 e. The van der Waals surface area contributed by atoms with Gasteiger partial charge < -0.3 is 9.84 Å². The van der Waals surface area contributed by atoms with E-state index < -0.39 is 0 Å². The number of fused-ring (bicyclic) bond motifs is 1. The number of pyridine rings is 1. The average molecular weight is 288 g/mol. The second-order valence-corrected chi connectivity index (χ2v) is 5.11. The van der Waals surface area contributed by atoms with Crippen molar-refractivity contribution in [1.82, 2.24) is 10.1 Å². The summed E-state index contributed by atoms with van der Waals surface area (Å²) in [6.07, 6.45) is 1.77. The van der Waals surface area contributed by atoms with Gasteiger partial charge in [0.15, 0.2) is 0 Å². The van der Waals surface area contributed by atoms with Crippen molar-refractivity contribution in [2.75, 3.05) is 5.32 Å². The molecule has 0 radical (unpaired) electrons. The zero-order chi connectivity index (χ0) is 14.1. The lowest BCUT2D eigenvalue weighted by Gasteiger charge is -2.09. The monoisotopic (exact) mass is 287 g/mol. The predicted molar refractivity (Wildman–Crippen MR) is 80.1 cm³/mol. The summed E-state index contributed by atoms with van der Waals surface area (Å²) >= 11 is 5.99. The number of aromatic nitrogens is 2. The second-order valence-electron chi connectivity index (χ2n) is 4.68. The largest absolute Gasteiger partial charge is 0.380 e. The highest BCUT2D eigenvalue weighted by Gasteiger charge is 2.09. The van der Waals surface area contributed by atoms with Gasteiger partial charge in [-0.15, -0.1) is 0 Å². The minimum absolute atomic E-state index is 0.670. The van der Waals surface area contributed by atoms with Crippen molar-refractivity contribution in [3.63, 3.8) is 0 Å². The molecule has 0 aliphatic heterocycles. The van der Waals surface area contributed by atoms with Crippen LogP contribution in [0.15, 0.2) is 35.0 Å². The molecule has 1 aromatic carbocycles. The minimum atomic E-state index is 0.670. The Morgan fingerprint density at radius 3 is 2.85 bits per heavy atom. The lowest BCUT2D eigenvalue weighted by molar-refractivity contribution is 0.392. The van der Waals surface area contributed by atoms with Crippen LogP contribution in [0, 0.1) is 13.8 Å². The molecule has 3 rings (SSSR count). The summed E-state index contributed by atoms with van der Waals surface area (Å²) in [5.41, 5.74) is 3.90. The molecule has 0 fully saturated rings. The van der Waals surface area contributed by atoms with Gasteiger partial charge in [-0.1, -0.05) is 16.8 Å². The number of halogens is 1. The number of nitrogens with zero attached hydrogens (tertiary/aromatic N) is 2. The number of rotatable bonds is 3. The maximum atomic E-state index is 5.99. The number of hydrogen-bond acceptors (Lipinski definition) is 4. The topological polar surface area (TPSA) is 51.0 Å². The van der Waals surface area contributed by atoms with Gasteiger partial charge in [-0.2, -0.15) is 0 Å². The van der Waals surface area contributed by atoms with Gasteiger partial charge in [0.2, 0.25) is 0 Å². The lowest BCUT2D eigenvalue weighted by atomic mass is 10.1. The van der Waals surface area contributed by atoms with Crippen LogP contribution < -0.4 is 5.32 Å². The summed E-state index contributed by atoms with van der Waals surface area (Å²) in [7, 11) is 0. The highest BCUT2D eigenvalue weighted by atomic mass is 35.5. The van der Waals surface area contributed by atoms with Gasteiger partial charge in [-0.25, -0.2) is 0 Å². The van der Waals surface area contributed by atoms with Crippen molar-refractivity contribution in [3.05, 3.63) is 52.5 Å². The SMILES string of the molecule is Cc1noc(C)c1CNc1ccnc2cc(Cl)ccc12. The van der Waals surface area contributed by atoms with Gasteiger partial charge in [0, 0.05) is 34.4 Å². The van der Waals surface area contributed by atoms with Gasteiger partial charge in [0.25, 0.3) is 0 Å². The molecule has 0 saturated heterocycles. The summed E-state index contributed by atoms with van der Waals surface area (Å²) in [6.45, 7) is 4.53. The van der Waals surface area contributed by atoms with E-state index >= 15 is 0 Å². The van der Waals surface area contributed by atoms with E-state index in [1.807, 2.05) is 38.1 Å². The third-order valence-electron chi connectivity index (χ3n) is 3.34. The molecule has 5 heteroatoms. The summed E-state index contributed by atoms with van der Waals surface area (Å²) in [5.74, 6) is 0.844. The first-order chi connectivity index (χ1) is 9.65. The molecular weight excluding hydrogens is 274 g/mol. The van der Waals surface area contributed by atoms with Crippen molar-refractivity contribution in [2.24, 2.45) is 0 Å². The number of nitrogens with one attached hydrogen (secondary N) is 1. The van der Waals surface area contributed by atoms with Gasteiger partial charge in [-0.05, 0) is 38.1 Å². The normalized spacial score (nSPS) is 10.9. The van der Waals surface area contributed by atoms with Crippen LogP contribution in [0.25, 0.3) is 10.9 Å². The molecule has 1 N–H and O–H groups in total. The van der Waals surface area contributed by atoms with E-state index in [4.69, 9.17) is 16.1 Å². The van der Waals surface area contributed by atoms with Gasteiger partial charge in [-0.3, -0.25) is 4.98 Å². The van der Waals surface area contributed by atoms with Gasteiger partial charge in [0.1, 0.15) is 5.76 Å². The molecule has 3 aromatic rings. The Morgan fingerprint density at radius 1 is 1.25 bits per heavy atom. The molecule has 102 valence electrons. The quantitative estimate of drug-likeness (QED) is 0.788. The number of benzene rings is 1. The molecule has 0 saturated carbocycles. The highest BCUT2D eigenvalue weighted by molar-refractivity contribution is 6.31. The van der Waals surface area contributed by atoms with Crippen LogP contribution in [0.3, 0.4) is 0 Å². The third kappa shape index (κ3) is 2.34. The number of aryl methyl sites for hydroxylation is 2. The number of hydrogen-bond donors (Lipinski definition) is 1. The standard InChI is InChI=1S/C15H14ClN3O/c1-9-13(10(2)20-19-9)8-18-14-5-6-17-15-7-11(16)3-4-12(14)15/h3-7H,8H2,1-2H3,(H,17,18). The van der Waals surface area contributed by atoms with Crippen LogP contribution in [0.4, 0.5) is 5.69 Å². The molecule has 4 nitrogen and oxygen atoms in total. The first-order valence-electron chi connectivity index (χ1n) is 6.35. The Bertz CT molecular complexity index is 747. The van der Waals surface area contributed by atoms with E-state index in [2.05, 4.69) is 15.5 Å². The van der Waals surface area contributed by atoms with E-state index in [9.17, 15) is 0 Å². The Hall–Kier alpha value is -2.07. The Kier molecular flexibility index (Phi) is 3.32. The second kappa shape index (κ2) is 5.13. The number of anilines is 1. The Balaban J connectivity index is 1.92. The van der Waals surface area contributed by atoms with Crippen LogP contribution in [-0.2, 0) is 6.54 Å². The summed E-state index contributed by atoms with van der Waals surface area (Å²) in [4.78, 5) is 4.33. The maximum absolute atomic E-state index is 5.99. The molecule has 0 bridgehead atoms. The summed E-state index contributed by atoms with van der Waals surface area (Å²) in [5, 5.41) is 9.10. The zero-order valence-electron chi connectivity index (χ0n) is 11.3. The molecule has 0 spiro atoms. The molecule has 20 heavy (non-hydrogen) atoms. The summed E-state index contributed by atoms with van der Waals surface area (Å²) < 4.78 is 5.17. The van der Waals surface area contributed by atoms with Gasteiger partial charge >= 0.3 is 0 Å². The molecule has 0 aliphatic rings. The first-order valence-corrected chi connectivity index (χ1v) is 6.73. The van der Waals surface area contributed by atoms with Crippen molar-refractivity contribution in [2.45, 2.75) is 20.4 Å². The van der Waals surface area contributed by atoms with Crippen molar-refractivity contribution >= 4 is 28.2 Å². The Morgan fingerprint density at radius 2 is 2.10 bits per heavy atom. The van der Waals surface area contributed by atoms with Crippen LogP contribution >= 0.6 is 11.6 Å². The highest BCUT2D eigenvalue weighted by Crippen LogP contribution is 2.25. The Labute approximate surface area is 121 Å². The third-order valence-corrected chi connectivity index (χ3v) is 3.58. The average Bonchev–Trinajstić information content (AvgIpc) is 2.75. The van der Waals surface area contributed by atoms with Crippen LogP contribution in [0.5, 0.6) is 0 Å². The fourth-order valence-corrected chi connectivity index (χ4v) is 2.38. The molecule has 0 unspecified atom stereocenters.